The molecular formula is C36H48N3O10S3+. The second kappa shape index (κ2) is 15.4. The second-order valence-electron chi connectivity index (χ2n) is 14.3. The van der Waals surface area contributed by atoms with Crippen molar-refractivity contribution in [1.82, 2.24) is 0 Å². The van der Waals surface area contributed by atoms with Crippen LogP contribution in [0.25, 0.3) is 0 Å². The van der Waals surface area contributed by atoms with Gasteiger partial charge in [-0.1, -0.05) is 38.0 Å². The molecule has 0 radical (unpaired) electrons. The number of benzene rings is 2. The Labute approximate surface area is 306 Å². The number of nitrogens with zero attached hydrogens (tertiary/aromatic N) is 2. The molecule has 0 aliphatic carbocycles. The van der Waals surface area contributed by atoms with Gasteiger partial charge in [0.15, 0.2) is 5.71 Å². The van der Waals surface area contributed by atoms with Crippen LogP contribution < -0.4 is 10.6 Å². The third kappa shape index (κ3) is 9.46. The number of nitrogens with two attached hydrogens (primary N) is 1. The Bertz CT molecular complexity index is 2200. The summed E-state index contributed by atoms with van der Waals surface area (Å²) in [4.78, 5) is 12.9. The maximum absolute atomic E-state index is 12.0. The molecule has 0 saturated carbocycles. The first kappa shape index (κ1) is 41.1. The van der Waals surface area contributed by atoms with Gasteiger partial charge in [-0.15, -0.1) is 0 Å². The lowest BCUT2D eigenvalue weighted by molar-refractivity contribution is -0.438. The topological polar surface area (TPSA) is 212 Å². The maximum atomic E-state index is 12.0. The first-order valence-electron chi connectivity index (χ1n) is 16.9. The van der Waals surface area contributed by atoms with Crippen molar-refractivity contribution in [3.8, 4) is 0 Å². The van der Waals surface area contributed by atoms with E-state index < -0.39 is 41.2 Å². The molecule has 1 amide bonds. The van der Waals surface area contributed by atoms with Crippen LogP contribution in [0, 0.1) is 0 Å². The summed E-state index contributed by atoms with van der Waals surface area (Å²) in [5, 5.41) is 0. The van der Waals surface area contributed by atoms with Crippen molar-refractivity contribution in [2.75, 3.05) is 23.7 Å². The summed E-state index contributed by atoms with van der Waals surface area (Å²) in [5.74, 6) is -0.742. The van der Waals surface area contributed by atoms with Crippen molar-refractivity contribution < 1.29 is 48.3 Å². The first-order valence-corrected chi connectivity index (χ1v) is 21.4. The number of fused-ring (bicyclic) bond motifs is 2. The van der Waals surface area contributed by atoms with Gasteiger partial charge in [0.05, 0.1) is 21.0 Å². The summed E-state index contributed by atoms with van der Waals surface area (Å²) >= 11 is 0. The minimum absolute atomic E-state index is 0.194. The number of anilines is 1. The van der Waals surface area contributed by atoms with Crippen LogP contribution in [0.3, 0.4) is 0 Å². The predicted molar refractivity (Wildman–Crippen MR) is 200 cm³/mol. The van der Waals surface area contributed by atoms with Gasteiger partial charge < -0.3 is 10.6 Å². The lowest BCUT2D eigenvalue weighted by atomic mass is 9.81. The average Bonchev–Trinajstić information content (AvgIpc) is 3.36. The van der Waals surface area contributed by atoms with Gasteiger partial charge in [0.25, 0.3) is 30.4 Å². The molecule has 0 unspecified atom stereocenters. The standard InChI is InChI=1S/C36H47N3O10S3/c1-25(12-18-32-35(2,3)28-23-26(51(44,45)46)14-16-30(28)38(32)20-8-6-7-11-34(37)40)13-19-33-36(4,5)29-24-27(52(47,48)49)15-17-31(29)39(33)21-9-10-22-50(41,42)43/h12-19,23-24H,6-11,20-22H2,1-5H3,(H4-,37,40,41,42,43,44,45,46,47,48,49)/p+1. The molecule has 16 heteroatoms. The Balaban J connectivity index is 1.71. The largest absolute Gasteiger partial charge is 0.370 e. The molecule has 284 valence electrons. The number of hydrogen-bond donors (Lipinski definition) is 4. The fourth-order valence-corrected chi connectivity index (χ4v) is 8.47. The summed E-state index contributed by atoms with van der Waals surface area (Å²) in [6.45, 7) is 10.7. The van der Waals surface area contributed by atoms with Gasteiger partial charge in [0.2, 0.25) is 11.6 Å². The van der Waals surface area contributed by atoms with Gasteiger partial charge in [0, 0.05) is 53.9 Å². The minimum Gasteiger partial charge on any atom is -0.370 e. The monoisotopic (exact) mass is 778 g/mol. The molecule has 2 aromatic rings. The first-order chi connectivity index (χ1) is 23.9. The average molecular weight is 779 g/mol. The molecule has 0 aromatic heterocycles. The molecule has 2 aliphatic heterocycles. The SMILES string of the molecule is CC(/C=C/C1=[N+](CCCCS(=O)(=O)O)c2ccc(S(=O)(=O)O)cc2C1(C)C)=C\C=C1/N(CCCCCC(N)=O)c2ccc(S(=O)(=O)O)cc2C1(C)C. The predicted octanol–water partition coefficient (Wildman–Crippen LogP) is 5.45. The number of hydrogen-bond acceptors (Lipinski definition) is 8. The lowest BCUT2D eigenvalue weighted by Crippen LogP contribution is -2.28. The summed E-state index contributed by atoms with van der Waals surface area (Å²) < 4.78 is 101. The minimum atomic E-state index is -4.46. The van der Waals surface area contributed by atoms with E-state index in [0.29, 0.717) is 43.6 Å². The molecule has 4 rings (SSSR count). The van der Waals surface area contributed by atoms with Crippen molar-refractivity contribution in [2.45, 2.75) is 93.8 Å². The molecule has 2 aromatic carbocycles. The van der Waals surface area contributed by atoms with Gasteiger partial charge in [-0.05, 0) is 82.0 Å². The van der Waals surface area contributed by atoms with Crippen molar-refractivity contribution in [3.05, 3.63) is 83.1 Å². The number of amides is 1. The molecule has 0 spiro atoms. The Morgan fingerprint density at radius 1 is 0.827 bits per heavy atom. The van der Waals surface area contributed by atoms with E-state index in [9.17, 15) is 43.7 Å². The number of unbranched alkanes of at least 4 members (excludes halogenated alkanes) is 3. The van der Waals surface area contributed by atoms with Gasteiger partial charge >= 0.3 is 0 Å². The Morgan fingerprint density at radius 3 is 2.04 bits per heavy atom. The molecule has 0 saturated heterocycles. The third-order valence-corrected chi connectivity index (χ3v) is 12.2. The zero-order valence-electron chi connectivity index (χ0n) is 30.0. The van der Waals surface area contributed by atoms with E-state index >= 15 is 0 Å². The number of primary amides is 1. The smallest absolute Gasteiger partial charge is 0.294 e. The van der Waals surface area contributed by atoms with Crippen molar-refractivity contribution in [3.63, 3.8) is 0 Å². The van der Waals surface area contributed by atoms with Crippen molar-refractivity contribution in [2.24, 2.45) is 5.73 Å². The third-order valence-electron chi connectivity index (χ3n) is 9.67. The highest BCUT2D eigenvalue weighted by molar-refractivity contribution is 7.86. The molecule has 52 heavy (non-hydrogen) atoms. The molecule has 0 bridgehead atoms. The fourth-order valence-electron chi connectivity index (χ4n) is 6.89. The van der Waals surface area contributed by atoms with Crippen LogP contribution in [0.2, 0.25) is 0 Å². The van der Waals surface area contributed by atoms with Crippen LogP contribution >= 0.6 is 0 Å². The van der Waals surface area contributed by atoms with E-state index in [-0.39, 0.29) is 27.9 Å². The van der Waals surface area contributed by atoms with Gasteiger partial charge in [-0.3, -0.25) is 18.5 Å². The summed E-state index contributed by atoms with van der Waals surface area (Å²) in [6, 6.07) is 8.95. The summed E-state index contributed by atoms with van der Waals surface area (Å²) in [5.41, 5.74) is 9.45. The van der Waals surface area contributed by atoms with Crippen LogP contribution in [0.1, 0.15) is 84.3 Å². The Hall–Kier alpha value is -3.67. The van der Waals surface area contributed by atoms with E-state index in [4.69, 9.17) is 5.73 Å². The molecule has 0 fully saturated rings. The highest BCUT2D eigenvalue weighted by Crippen LogP contribution is 2.49. The summed E-state index contributed by atoms with van der Waals surface area (Å²) in [7, 11) is -13.0. The number of rotatable bonds is 16. The summed E-state index contributed by atoms with van der Waals surface area (Å²) in [6.07, 6.45) is 10.8. The van der Waals surface area contributed by atoms with E-state index in [0.717, 1.165) is 41.1 Å². The zero-order chi connectivity index (χ0) is 38.9. The lowest BCUT2D eigenvalue weighted by Gasteiger charge is -2.27. The van der Waals surface area contributed by atoms with E-state index in [1.807, 2.05) is 63.5 Å². The van der Waals surface area contributed by atoms with Crippen LogP contribution in [0.5, 0.6) is 0 Å². The molecular weight excluding hydrogens is 731 g/mol. The number of carbonyl (C=O) groups excluding carboxylic acids is 1. The highest BCUT2D eigenvalue weighted by atomic mass is 32.2. The number of allylic oxidation sites excluding steroid dienone is 6. The van der Waals surface area contributed by atoms with E-state index in [1.54, 1.807) is 12.1 Å². The molecule has 2 aliphatic rings. The van der Waals surface area contributed by atoms with Gasteiger partial charge in [0.1, 0.15) is 6.54 Å². The molecule has 5 N–H and O–H groups in total. The van der Waals surface area contributed by atoms with Crippen molar-refractivity contribution in [1.29, 1.82) is 0 Å². The van der Waals surface area contributed by atoms with Gasteiger partial charge in [-0.2, -0.15) is 29.8 Å². The van der Waals surface area contributed by atoms with Crippen molar-refractivity contribution >= 4 is 53.3 Å². The van der Waals surface area contributed by atoms with Gasteiger partial charge in [-0.25, -0.2) is 0 Å². The zero-order valence-corrected chi connectivity index (χ0v) is 32.5. The highest BCUT2D eigenvalue weighted by Gasteiger charge is 2.45. The van der Waals surface area contributed by atoms with Crippen LogP contribution in [0.15, 0.2) is 81.8 Å². The van der Waals surface area contributed by atoms with E-state index in [2.05, 4.69) is 4.90 Å². The quantitative estimate of drug-likeness (QED) is 0.0728. The Morgan fingerprint density at radius 2 is 1.44 bits per heavy atom. The normalized spacial score (nSPS) is 18.0. The van der Waals surface area contributed by atoms with Crippen LogP contribution in [-0.4, -0.2) is 73.9 Å². The number of carbonyl (C=O) groups is 1. The van der Waals surface area contributed by atoms with Crippen LogP contribution in [-0.2, 0) is 46.0 Å². The maximum Gasteiger partial charge on any atom is 0.294 e. The fraction of sp³-hybridized carbons (Fsp3) is 0.444. The molecule has 2 heterocycles. The van der Waals surface area contributed by atoms with E-state index in [1.165, 1.54) is 24.3 Å². The van der Waals surface area contributed by atoms with Crippen LogP contribution in [0.4, 0.5) is 11.4 Å². The Kier molecular flexibility index (Phi) is 12.1. The molecule has 13 nitrogen and oxygen atoms in total. The second-order valence-corrected chi connectivity index (χ2v) is 18.7. The molecule has 0 atom stereocenters.